The van der Waals surface area contributed by atoms with Crippen LogP contribution in [-0.4, -0.2) is 18.2 Å². The lowest BCUT2D eigenvalue weighted by atomic mass is 10.9. The van der Waals surface area contributed by atoms with E-state index in [9.17, 15) is 10.1 Å². The van der Waals surface area contributed by atoms with Gasteiger partial charge in [-0.15, -0.1) is 0 Å². The first-order chi connectivity index (χ1) is 4.22. The van der Waals surface area contributed by atoms with Crippen LogP contribution in [0.25, 0.3) is 0 Å². The second kappa shape index (κ2) is 4.20. The van der Waals surface area contributed by atoms with Gasteiger partial charge in [-0.3, -0.25) is 10.1 Å². The Morgan fingerprint density at radius 1 is 1.89 bits per heavy atom. The van der Waals surface area contributed by atoms with E-state index in [0.717, 1.165) is 11.8 Å². The van der Waals surface area contributed by atoms with Crippen molar-refractivity contribution in [1.82, 2.24) is 5.32 Å². The Bertz CT molecular complexity index is 135. The van der Waals surface area contributed by atoms with Crippen LogP contribution in [-0.2, 0) is 0 Å². The number of hydrogen-bond donors (Lipinski definition) is 1. The first kappa shape index (κ1) is 8.29. The van der Waals surface area contributed by atoms with Crippen LogP contribution in [0.1, 0.15) is 0 Å². The van der Waals surface area contributed by atoms with E-state index < -0.39 is 4.92 Å². The molecule has 0 rings (SSSR count). The molecule has 0 aromatic rings. The minimum Gasteiger partial charge on any atom is -0.388 e. The number of nitrogens with zero attached hydrogens (tertiary/aromatic N) is 1. The van der Waals surface area contributed by atoms with Gasteiger partial charge in [-0.25, -0.2) is 0 Å². The highest BCUT2D eigenvalue weighted by Crippen LogP contribution is 2.09. The highest BCUT2D eigenvalue weighted by atomic mass is 32.2. The lowest BCUT2D eigenvalue weighted by molar-refractivity contribution is -0.410. The molecule has 0 heterocycles. The minimum absolute atomic E-state index is 0.123. The average molecular weight is 148 g/mol. The summed E-state index contributed by atoms with van der Waals surface area (Å²) in [5.74, 6) is 0. The third kappa shape index (κ3) is 2.97. The van der Waals surface area contributed by atoms with Crippen LogP contribution in [0.2, 0.25) is 0 Å². The van der Waals surface area contributed by atoms with Crippen molar-refractivity contribution in [2.75, 3.05) is 13.3 Å². The van der Waals surface area contributed by atoms with Crippen molar-refractivity contribution in [3.8, 4) is 0 Å². The van der Waals surface area contributed by atoms with Gasteiger partial charge in [0, 0.05) is 7.05 Å². The van der Waals surface area contributed by atoms with Crippen LogP contribution in [0.15, 0.2) is 11.2 Å². The van der Waals surface area contributed by atoms with Crippen molar-refractivity contribution in [3.05, 3.63) is 21.3 Å². The standard InChI is InChI=1S/C4H8N2O2S/c1-5-3-4(9-2)6(7)8/h3,5H,1-2H3. The van der Waals surface area contributed by atoms with E-state index in [1.807, 2.05) is 0 Å². The maximum absolute atomic E-state index is 10.00. The highest BCUT2D eigenvalue weighted by Gasteiger charge is 2.05. The van der Waals surface area contributed by atoms with Crippen molar-refractivity contribution < 1.29 is 4.92 Å². The molecule has 4 nitrogen and oxygen atoms in total. The fourth-order valence-electron chi connectivity index (χ4n) is 0.310. The quantitative estimate of drug-likeness (QED) is 0.471. The van der Waals surface area contributed by atoms with Gasteiger partial charge in [0.25, 0.3) is 0 Å². The summed E-state index contributed by atoms with van der Waals surface area (Å²) in [6.45, 7) is 0. The molecule has 0 aliphatic carbocycles. The van der Waals surface area contributed by atoms with Gasteiger partial charge < -0.3 is 5.32 Å². The summed E-state index contributed by atoms with van der Waals surface area (Å²) in [5.41, 5.74) is 0. The van der Waals surface area contributed by atoms with Crippen LogP contribution in [0.4, 0.5) is 0 Å². The van der Waals surface area contributed by atoms with Gasteiger partial charge in [-0.05, 0) is 6.26 Å². The van der Waals surface area contributed by atoms with Crippen LogP contribution < -0.4 is 5.32 Å². The zero-order valence-electron chi connectivity index (χ0n) is 5.25. The Labute approximate surface area is 57.5 Å². The average Bonchev–Trinajstić information content (AvgIpc) is 1.82. The normalized spacial score (nSPS) is 11.1. The van der Waals surface area contributed by atoms with E-state index in [4.69, 9.17) is 0 Å². The molecule has 0 unspecified atom stereocenters. The van der Waals surface area contributed by atoms with Gasteiger partial charge in [0.2, 0.25) is 0 Å². The summed E-state index contributed by atoms with van der Waals surface area (Å²) < 4.78 is 0. The Morgan fingerprint density at radius 2 is 2.44 bits per heavy atom. The summed E-state index contributed by atoms with van der Waals surface area (Å²) in [6, 6.07) is 0. The number of thioether (sulfide) groups is 1. The highest BCUT2D eigenvalue weighted by molar-refractivity contribution is 8.02. The lowest BCUT2D eigenvalue weighted by Crippen LogP contribution is -2.01. The molecule has 0 fully saturated rings. The predicted molar refractivity (Wildman–Crippen MR) is 37.7 cm³/mol. The molecule has 1 N–H and O–H groups in total. The predicted octanol–water partition coefficient (Wildman–Crippen LogP) is 0.644. The second-order valence-electron chi connectivity index (χ2n) is 1.23. The molecule has 0 amide bonds. The minimum atomic E-state index is -0.429. The number of nitro groups is 1. The van der Waals surface area contributed by atoms with Crippen molar-refractivity contribution in [1.29, 1.82) is 0 Å². The molecule has 0 saturated heterocycles. The Kier molecular flexibility index (Phi) is 3.87. The third-order valence-corrected chi connectivity index (χ3v) is 1.34. The number of nitrogens with one attached hydrogen (secondary N) is 1. The first-order valence-electron chi connectivity index (χ1n) is 2.28. The molecular formula is C4H8N2O2S. The molecule has 0 bridgehead atoms. The van der Waals surface area contributed by atoms with Crippen LogP contribution in [0, 0.1) is 10.1 Å². The van der Waals surface area contributed by atoms with Gasteiger partial charge >= 0.3 is 5.03 Å². The molecule has 9 heavy (non-hydrogen) atoms. The van der Waals surface area contributed by atoms with Crippen molar-refractivity contribution >= 4 is 11.8 Å². The fraction of sp³-hybridized carbons (Fsp3) is 0.500. The van der Waals surface area contributed by atoms with Crippen molar-refractivity contribution in [2.24, 2.45) is 0 Å². The largest absolute Gasteiger partial charge is 0.388 e. The van der Waals surface area contributed by atoms with Gasteiger partial charge in [0.15, 0.2) is 0 Å². The van der Waals surface area contributed by atoms with E-state index in [1.165, 1.54) is 6.20 Å². The van der Waals surface area contributed by atoms with Crippen LogP contribution in [0.5, 0.6) is 0 Å². The summed E-state index contributed by atoms with van der Waals surface area (Å²) in [4.78, 5) is 9.57. The van der Waals surface area contributed by atoms with Gasteiger partial charge in [-0.1, -0.05) is 11.8 Å². The van der Waals surface area contributed by atoms with E-state index in [2.05, 4.69) is 5.32 Å². The monoisotopic (exact) mass is 148 g/mol. The second-order valence-corrected chi connectivity index (χ2v) is 2.06. The van der Waals surface area contributed by atoms with E-state index >= 15 is 0 Å². The molecular weight excluding hydrogens is 140 g/mol. The molecule has 0 aliphatic heterocycles. The summed E-state index contributed by atoms with van der Waals surface area (Å²) in [6.07, 6.45) is 3.01. The van der Waals surface area contributed by atoms with E-state index in [-0.39, 0.29) is 5.03 Å². The molecule has 5 heteroatoms. The molecule has 0 aromatic heterocycles. The number of hydrogen-bond acceptors (Lipinski definition) is 4. The fourth-order valence-corrected chi connectivity index (χ4v) is 0.694. The molecule has 0 saturated carbocycles. The summed E-state index contributed by atoms with van der Waals surface area (Å²) in [5, 5.41) is 12.7. The van der Waals surface area contributed by atoms with Gasteiger partial charge in [-0.2, -0.15) is 0 Å². The van der Waals surface area contributed by atoms with Crippen LogP contribution >= 0.6 is 11.8 Å². The molecule has 0 atom stereocenters. The van der Waals surface area contributed by atoms with Crippen molar-refractivity contribution in [3.63, 3.8) is 0 Å². The van der Waals surface area contributed by atoms with E-state index in [0.29, 0.717) is 0 Å². The zero-order chi connectivity index (χ0) is 7.28. The van der Waals surface area contributed by atoms with Crippen LogP contribution in [0.3, 0.4) is 0 Å². The molecule has 0 aromatic carbocycles. The maximum atomic E-state index is 10.00. The Morgan fingerprint density at radius 3 is 2.56 bits per heavy atom. The van der Waals surface area contributed by atoms with Crippen molar-refractivity contribution in [2.45, 2.75) is 0 Å². The Balaban J connectivity index is 3.98. The summed E-state index contributed by atoms with van der Waals surface area (Å²) in [7, 11) is 1.62. The zero-order valence-corrected chi connectivity index (χ0v) is 6.07. The molecule has 52 valence electrons. The van der Waals surface area contributed by atoms with Gasteiger partial charge in [0.1, 0.15) is 0 Å². The molecule has 0 spiro atoms. The number of rotatable bonds is 3. The molecule has 0 radical (unpaired) electrons. The Hall–Kier alpha value is -0.710. The third-order valence-electron chi connectivity index (χ3n) is 0.657. The van der Waals surface area contributed by atoms with Gasteiger partial charge in [0.05, 0.1) is 11.1 Å². The first-order valence-corrected chi connectivity index (χ1v) is 3.50. The smallest absolute Gasteiger partial charge is 0.318 e. The lowest BCUT2D eigenvalue weighted by Gasteiger charge is -1.90. The van der Waals surface area contributed by atoms with E-state index in [1.54, 1.807) is 13.3 Å². The summed E-state index contributed by atoms with van der Waals surface area (Å²) >= 11 is 1.10. The topological polar surface area (TPSA) is 55.2 Å². The molecule has 0 aliphatic rings. The maximum Gasteiger partial charge on any atom is 0.318 e. The SMILES string of the molecule is CNC=C(SC)[N+](=O)[O-].